The Hall–Kier alpha value is -0.540. The molecule has 1 saturated heterocycles. The van der Waals surface area contributed by atoms with Crippen LogP contribution in [0.1, 0.15) is 53.4 Å². The van der Waals surface area contributed by atoms with Crippen LogP contribution < -0.4 is 0 Å². The first-order valence-corrected chi connectivity index (χ1v) is 9.82. The fraction of sp³-hybridized carbons (Fsp3) is 0.941. The van der Waals surface area contributed by atoms with Gasteiger partial charge in [0.25, 0.3) is 0 Å². The van der Waals surface area contributed by atoms with Crippen LogP contribution in [0.15, 0.2) is 0 Å². The summed E-state index contributed by atoms with van der Waals surface area (Å²) in [5.74, 6) is -0.900. The quantitative estimate of drug-likeness (QED) is 0.715. The summed E-state index contributed by atoms with van der Waals surface area (Å²) in [7, 11) is 0. The molecule has 2 aliphatic carbocycles. The monoisotopic (exact) mass is 376 g/mol. The topological polar surface area (TPSA) is 102 Å². The van der Waals surface area contributed by atoms with E-state index < -0.39 is 40.7 Å². The van der Waals surface area contributed by atoms with Crippen molar-refractivity contribution in [2.24, 2.45) is 17.3 Å². The number of esters is 1. The van der Waals surface area contributed by atoms with Crippen LogP contribution >= 0.6 is 0 Å². The predicted molar refractivity (Wildman–Crippen MR) is 89.3 cm³/mol. The molecule has 0 aromatic heterocycles. The molecule has 25 heavy (non-hydrogen) atoms. The van der Waals surface area contributed by atoms with Gasteiger partial charge in [-0.05, 0) is 39.5 Å². The molecule has 3 aliphatic rings. The van der Waals surface area contributed by atoms with Gasteiger partial charge in [-0.25, -0.2) is 0 Å². The number of hydrogen-bond donors (Lipinski definition) is 2. The summed E-state index contributed by atoms with van der Waals surface area (Å²) in [5.41, 5.74) is -2.44. The number of carbonyl (C=O) groups excluding carboxylic acids is 1. The van der Waals surface area contributed by atoms with Crippen LogP contribution in [-0.4, -0.2) is 50.4 Å². The molecule has 0 spiro atoms. The lowest BCUT2D eigenvalue weighted by Crippen LogP contribution is -2.69. The fourth-order valence-electron chi connectivity index (χ4n) is 5.36. The van der Waals surface area contributed by atoms with E-state index in [9.17, 15) is 19.2 Å². The first kappa shape index (κ1) is 19.2. The van der Waals surface area contributed by atoms with E-state index in [-0.39, 0.29) is 23.9 Å². The highest BCUT2D eigenvalue weighted by molar-refractivity contribution is 7.75. The van der Waals surface area contributed by atoms with Crippen molar-refractivity contribution >= 4 is 17.3 Å². The summed E-state index contributed by atoms with van der Waals surface area (Å²) >= 11 is -1.91. The zero-order chi connectivity index (χ0) is 18.6. The van der Waals surface area contributed by atoms with E-state index in [0.29, 0.717) is 25.7 Å². The summed E-state index contributed by atoms with van der Waals surface area (Å²) in [6.45, 7) is 6.55. The molecule has 0 amide bonds. The van der Waals surface area contributed by atoms with Crippen molar-refractivity contribution in [3.8, 4) is 0 Å². The number of ether oxygens (including phenoxy) is 1. The number of rotatable bonds is 3. The highest BCUT2D eigenvalue weighted by Gasteiger charge is 2.66. The maximum Gasteiger partial charge on any atom is 0.305 e. The smallest absolute Gasteiger partial charge is 0.305 e. The second kappa shape index (κ2) is 6.27. The molecule has 2 saturated carbocycles. The first-order chi connectivity index (χ1) is 11.5. The Morgan fingerprint density at radius 3 is 2.64 bits per heavy atom. The molecule has 7 nitrogen and oxygen atoms in total. The van der Waals surface area contributed by atoms with Gasteiger partial charge in [-0.1, -0.05) is 6.92 Å². The van der Waals surface area contributed by atoms with Crippen LogP contribution in [0, 0.1) is 17.3 Å². The van der Waals surface area contributed by atoms with Crippen LogP contribution in [0.5, 0.6) is 0 Å². The van der Waals surface area contributed by atoms with E-state index >= 15 is 0 Å². The Kier molecular flexibility index (Phi) is 4.82. The molecule has 1 aliphatic heterocycles. The maximum atomic E-state index is 12.2. The van der Waals surface area contributed by atoms with Crippen molar-refractivity contribution in [3.05, 3.63) is 0 Å². The molecule has 8 heteroatoms. The lowest BCUT2D eigenvalue weighted by atomic mass is 9.50. The molecule has 0 aromatic rings. The SMILES string of the molecule is CC(=O)O[C@@H]1CC[C@@]2(C)O[S@](=O)O[C@@H]3C2[C@@]1(C)CC[C@H]3[C@@](C)(O)CO. The second-order valence-corrected chi connectivity index (χ2v) is 9.21. The third kappa shape index (κ3) is 3.06. The van der Waals surface area contributed by atoms with Crippen molar-refractivity contribution in [3.63, 3.8) is 0 Å². The normalized spacial score (nSPS) is 49.0. The third-order valence-electron chi connectivity index (χ3n) is 6.60. The molecular weight excluding hydrogens is 348 g/mol. The first-order valence-electron chi connectivity index (χ1n) is 8.82. The number of hydrogen-bond acceptors (Lipinski definition) is 7. The Bertz CT molecular complexity index is 579. The van der Waals surface area contributed by atoms with E-state index in [4.69, 9.17) is 13.1 Å². The van der Waals surface area contributed by atoms with Crippen molar-refractivity contribution < 1.29 is 32.3 Å². The number of carbonyl (C=O) groups is 1. The minimum absolute atomic E-state index is 0.201. The molecule has 3 fully saturated rings. The summed E-state index contributed by atoms with van der Waals surface area (Å²) in [4.78, 5) is 11.6. The molecule has 3 rings (SSSR count). The van der Waals surface area contributed by atoms with E-state index in [1.165, 1.54) is 6.92 Å². The Balaban J connectivity index is 2.03. The Morgan fingerprint density at radius 1 is 1.36 bits per heavy atom. The van der Waals surface area contributed by atoms with Gasteiger partial charge in [0, 0.05) is 24.2 Å². The summed E-state index contributed by atoms with van der Waals surface area (Å²) < 4.78 is 29.1. The highest BCUT2D eigenvalue weighted by Crippen LogP contribution is 2.61. The van der Waals surface area contributed by atoms with Crippen LogP contribution in [0.25, 0.3) is 0 Å². The molecule has 0 bridgehead atoms. The molecule has 0 aromatic carbocycles. The zero-order valence-electron chi connectivity index (χ0n) is 15.2. The van der Waals surface area contributed by atoms with Gasteiger partial charge in [-0.2, -0.15) is 4.21 Å². The van der Waals surface area contributed by atoms with Crippen molar-refractivity contribution in [1.29, 1.82) is 0 Å². The number of aliphatic hydroxyl groups is 2. The largest absolute Gasteiger partial charge is 0.462 e. The Morgan fingerprint density at radius 2 is 2.04 bits per heavy atom. The van der Waals surface area contributed by atoms with Crippen molar-refractivity contribution in [2.75, 3.05) is 6.61 Å². The molecule has 144 valence electrons. The van der Waals surface area contributed by atoms with Crippen LogP contribution in [0.4, 0.5) is 0 Å². The lowest BCUT2D eigenvalue weighted by Gasteiger charge is -2.62. The van der Waals surface area contributed by atoms with E-state index in [2.05, 4.69) is 6.92 Å². The van der Waals surface area contributed by atoms with E-state index in [1.54, 1.807) is 6.92 Å². The van der Waals surface area contributed by atoms with E-state index in [1.807, 2.05) is 6.92 Å². The molecule has 0 radical (unpaired) electrons. The van der Waals surface area contributed by atoms with Gasteiger partial charge in [0.2, 0.25) is 0 Å². The summed E-state index contributed by atoms with van der Waals surface area (Å²) in [5, 5.41) is 20.3. The third-order valence-corrected chi connectivity index (χ3v) is 7.50. The molecule has 1 heterocycles. The van der Waals surface area contributed by atoms with Crippen molar-refractivity contribution in [1.82, 2.24) is 0 Å². The van der Waals surface area contributed by atoms with Gasteiger partial charge in [-0.15, -0.1) is 0 Å². The summed E-state index contributed by atoms with van der Waals surface area (Å²) in [6.07, 6.45) is 1.68. The van der Waals surface area contributed by atoms with Crippen LogP contribution in [0.3, 0.4) is 0 Å². The lowest BCUT2D eigenvalue weighted by molar-refractivity contribution is -0.245. The second-order valence-electron chi connectivity index (χ2n) is 8.44. The van der Waals surface area contributed by atoms with Crippen molar-refractivity contribution in [2.45, 2.75) is 76.8 Å². The molecule has 8 atom stereocenters. The maximum absolute atomic E-state index is 12.2. The molecule has 1 unspecified atom stereocenters. The van der Waals surface area contributed by atoms with Gasteiger partial charge >= 0.3 is 17.3 Å². The Labute approximate surface area is 150 Å². The molecule has 2 N–H and O–H groups in total. The minimum Gasteiger partial charge on any atom is -0.462 e. The summed E-state index contributed by atoms with van der Waals surface area (Å²) in [6, 6.07) is 0. The van der Waals surface area contributed by atoms with E-state index in [0.717, 1.165) is 0 Å². The van der Waals surface area contributed by atoms with Gasteiger partial charge < -0.3 is 14.9 Å². The van der Waals surface area contributed by atoms with Crippen LogP contribution in [-0.2, 0) is 29.3 Å². The predicted octanol–water partition coefficient (Wildman–Crippen LogP) is 1.24. The van der Waals surface area contributed by atoms with Gasteiger partial charge in [0.1, 0.15) is 6.10 Å². The van der Waals surface area contributed by atoms with Gasteiger partial charge in [0.05, 0.1) is 23.9 Å². The van der Waals surface area contributed by atoms with Crippen LogP contribution in [0.2, 0.25) is 0 Å². The average Bonchev–Trinajstić information content (AvgIpc) is 2.49. The number of aliphatic hydroxyl groups excluding tert-OH is 1. The standard InChI is InChI=1S/C17H28O7S/c1-10(19)22-12-6-8-17(4)14-13(23-25(21)24-17)11(16(3,20)9-18)5-7-15(12,14)2/h11-14,18,20H,5-9H2,1-4H3/t11-,12-,13+,14?,15+,16+,17-,25-/m1/s1. The van der Waals surface area contributed by atoms with Gasteiger partial charge in [-0.3, -0.25) is 13.2 Å². The minimum atomic E-state index is -1.91. The molecular formula is C17H28O7S. The van der Waals surface area contributed by atoms with Gasteiger partial charge in [0.15, 0.2) is 0 Å². The fourth-order valence-corrected chi connectivity index (χ4v) is 6.32. The average molecular weight is 376 g/mol. The highest BCUT2D eigenvalue weighted by atomic mass is 32.2. The zero-order valence-corrected chi connectivity index (χ0v) is 16.0.